The molecule has 1 saturated heterocycles. The summed E-state index contributed by atoms with van der Waals surface area (Å²) < 4.78 is 32.3. The van der Waals surface area contributed by atoms with E-state index < -0.39 is 11.8 Å². The molecule has 0 bridgehead atoms. The second kappa shape index (κ2) is 10.1. The predicted molar refractivity (Wildman–Crippen MR) is 101 cm³/mol. The number of hydrogen-bond donors (Lipinski definition) is 1. The zero-order valence-electron chi connectivity index (χ0n) is 17.1. The number of carbonyl (C=O) groups excluding carboxylic acids is 1. The van der Waals surface area contributed by atoms with Crippen LogP contribution in [0.3, 0.4) is 0 Å². The Morgan fingerprint density at radius 1 is 1.18 bits per heavy atom. The van der Waals surface area contributed by atoms with Crippen molar-refractivity contribution < 1.29 is 38.3 Å². The molecule has 0 spiro atoms. The van der Waals surface area contributed by atoms with Gasteiger partial charge in [-0.05, 0) is 44.7 Å². The quantitative estimate of drug-likeness (QED) is 0.474. The fourth-order valence-corrected chi connectivity index (χ4v) is 3.33. The topological polar surface area (TPSA) is 92.7 Å². The minimum Gasteiger partial charge on any atom is -0.497 e. The Bertz CT molecular complexity index is 658. The van der Waals surface area contributed by atoms with Crippen LogP contribution >= 0.6 is 0 Å². The van der Waals surface area contributed by atoms with Crippen LogP contribution in [0.2, 0.25) is 0 Å². The number of esters is 1. The molecule has 2 atom stereocenters. The lowest BCUT2D eigenvalue weighted by Crippen LogP contribution is -2.26. The van der Waals surface area contributed by atoms with E-state index in [1.54, 1.807) is 19.2 Å². The van der Waals surface area contributed by atoms with E-state index in [0.29, 0.717) is 36.3 Å². The van der Waals surface area contributed by atoms with Crippen LogP contribution in [0.15, 0.2) is 12.1 Å². The second-order valence-corrected chi connectivity index (χ2v) is 6.99. The lowest BCUT2D eigenvalue weighted by atomic mass is 9.98. The van der Waals surface area contributed by atoms with Crippen molar-refractivity contribution in [2.75, 3.05) is 34.7 Å². The lowest BCUT2D eigenvalue weighted by Gasteiger charge is -2.18. The fraction of sp³-hybridized carbons (Fsp3) is 0.650. The summed E-state index contributed by atoms with van der Waals surface area (Å²) in [6.07, 6.45) is 1.38. The smallest absolute Gasteiger partial charge is 0.341 e. The highest BCUT2D eigenvalue weighted by Gasteiger charge is 2.40. The molecule has 1 aromatic rings. The molecule has 158 valence electrons. The summed E-state index contributed by atoms with van der Waals surface area (Å²) in [5.41, 5.74) is 1.10. The van der Waals surface area contributed by atoms with E-state index in [9.17, 15) is 9.90 Å². The molecule has 1 aromatic carbocycles. The minimum absolute atomic E-state index is 0.00286. The molecule has 0 aromatic heterocycles. The first-order valence-electron chi connectivity index (χ1n) is 9.22. The number of aliphatic hydroxyl groups is 1. The monoisotopic (exact) mass is 398 g/mol. The van der Waals surface area contributed by atoms with E-state index in [1.807, 2.05) is 13.8 Å². The fourth-order valence-electron chi connectivity index (χ4n) is 3.33. The van der Waals surface area contributed by atoms with E-state index in [-0.39, 0.29) is 25.6 Å². The Morgan fingerprint density at radius 3 is 2.50 bits per heavy atom. The maximum absolute atomic E-state index is 12.4. The van der Waals surface area contributed by atoms with Gasteiger partial charge in [-0.1, -0.05) is 0 Å². The molecule has 8 heteroatoms. The molecule has 0 radical (unpaired) electrons. The molecule has 0 amide bonds. The van der Waals surface area contributed by atoms with Gasteiger partial charge in [-0.25, -0.2) is 4.79 Å². The van der Waals surface area contributed by atoms with Gasteiger partial charge in [0.2, 0.25) is 0 Å². The summed E-state index contributed by atoms with van der Waals surface area (Å²) in [7, 11) is 4.38. The Labute approximate surface area is 165 Å². The van der Waals surface area contributed by atoms with Gasteiger partial charge in [0, 0.05) is 13.2 Å². The molecule has 1 N–H and O–H groups in total. The SMILES string of the molecule is COCOc1cc(OC)cc(CCC[C@@H]2OC(C)(C)O[C@@H]2CO)c1C(=O)OC. The predicted octanol–water partition coefficient (Wildman–Crippen LogP) is 2.30. The van der Waals surface area contributed by atoms with Crippen molar-refractivity contribution in [3.05, 3.63) is 23.3 Å². The number of benzene rings is 1. The molecule has 8 nitrogen and oxygen atoms in total. The zero-order chi connectivity index (χ0) is 20.7. The summed E-state index contributed by atoms with van der Waals surface area (Å²) in [6.45, 7) is 3.55. The molecule has 1 fully saturated rings. The first kappa shape index (κ1) is 22.4. The normalized spacial score (nSPS) is 20.8. The van der Waals surface area contributed by atoms with Gasteiger partial charge in [0.25, 0.3) is 0 Å². The van der Waals surface area contributed by atoms with Gasteiger partial charge in [0.1, 0.15) is 23.2 Å². The average Bonchev–Trinajstić information content (AvgIpc) is 2.98. The third kappa shape index (κ3) is 5.57. The van der Waals surface area contributed by atoms with Crippen LogP contribution in [0.25, 0.3) is 0 Å². The molecular formula is C20H30O8. The van der Waals surface area contributed by atoms with Crippen LogP contribution in [0.5, 0.6) is 11.5 Å². The molecule has 0 unspecified atom stereocenters. The molecular weight excluding hydrogens is 368 g/mol. The highest BCUT2D eigenvalue weighted by Crippen LogP contribution is 2.33. The first-order valence-corrected chi connectivity index (χ1v) is 9.22. The standard InChI is InChI=1S/C20H30O8/c1-20(2)27-15(17(11-21)28-20)8-6-7-13-9-14(24-4)10-16(26-12-23-3)18(13)19(22)25-5/h9-10,15,17,21H,6-8,11-12H2,1-5H3/t15-,17+/m0/s1. The van der Waals surface area contributed by atoms with E-state index in [4.69, 9.17) is 28.4 Å². The third-order valence-corrected chi connectivity index (χ3v) is 4.51. The Morgan fingerprint density at radius 2 is 1.89 bits per heavy atom. The number of hydrogen-bond acceptors (Lipinski definition) is 8. The molecule has 1 heterocycles. The third-order valence-electron chi connectivity index (χ3n) is 4.51. The largest absolute Gasteiger partial charge is 0.497 e. The van der Waals surface area contributed by atoms with Crippen LogP contribution < -0.4 is 9.47 Å². The molecule has 2 rings (SSSR count). The average molecular weight is 398 g/mol. The summed E-state index contributed by atoms with van der Waals surface area (Å²) in [6, 6.07) is 3.43. The van der Waals surface area contributed by atoms with Crippen LogP contribution in [-0.4, -0.2) is 63.8 Å². The van der Waals surface area contributed by atoms with Crippen molar-refractivity contribution in [1.29, 1.82) is 0 Å². The number of aliphatic hydroxyl groups excluding tert-OH is 1. The van der Waals surface area contributed by atoms with Crippen LogP contribution in [-0.2, 0) is 25.4 Å². The van der Waals surface area contributed by atoms with E-state index in [0.717, 1.165) is 5.56 Å². The molecule has 28 heavy (non-hydrogen) atoms. The number of ether oxygens (including phenoxy) is 6. The molecule has 1 aliphatic rings. The lowest BCUT2D eigenvalue weighted by molar-refractivity contribution is -0.149. The van der Waals surface area contributed by atoms with Crippen molar-refractivity contribution in [2.45, 2.75) is 51.1 Å². The number of carbonyl (C=O) groups is 1. The van der Waals surface area contributed by atoms with Crippen LogP contribution in [0.4, 0.5) is 0 Å². The Balaban J connectivity index is 2.17. The first-order chi connectivity index (χ1) is 13.3. The highest BCUT2D eigenvalue weighted by molar-refractivity contribution is 5.94. The van der Waals surface area contributed by atoms with Gasteiger partial charge in [-0.15, -0.1) is 0 Å². The molecule has 0 aliphatic carbocycles. The van der Waals surface area contributed by atoms with E-state index >= 15 is 0 Å². The van der Waals surface area contributed by atoms with Crippen molar-refractivity contribution in [2.24, 2.45) is 0 Å². The van der Waals surface area contributed by atoms with Gasteiger partial charge in [-0.3, -0.25) is 0 Å². The van der Waals surface area contributed by atoms with Crippen molar-refractivity contribution in [1.82, 2.24) is 0 Å². The number of methoxy groups -OCH3 is 3. The maximum Gasteiger partial charge on any atom is 0.341 e. The Kier molecular flexibility index (Phi) is 8.06. The maximum atomic E-state index is 12.4. The number of aryl methyl sites for hydroxylation is 1. The zero-order valence-corrected chi connectivity index (χ0v) is 17.1. The number of rotatable bonds is 10. The van der Waals surface area contributed by atoms with Crippen molar-refractivity contribution in [3.8, 4) is 11.5 Å². The van der Waals surface area contributed by atoms with Gasteiger partial charge < -0.3 is 33.5 Å². The summed E-state index contributed by atoms with van der Waals surface area (Å²) >= 11 is 0. The summed E-state index contributed by atoms with van der Waals surface area (Å²) in [5, 5.41) is 9.51. The minimum atomic E-state index is -0.716. The van der Waals surface area contributed by atoms with Crippen LogP contribution in [0, 0.1) is 0 Å². The van der Waals surface area contributed by atoms with E-state index in [1.165, 1.54) is 14.2 Å². The van der Waals surface area contributed by atoms with Gasteiger partial charge in [-0.2, -0.15) is 0 Å². The van der Waals surface area contributed by atoms with Gasteiger partial charge >= 0.3 is 5.97 Å². The summed E-state index contributed by atoms with van der Waals surface area (Å²) in [5.74, 6) is -0.285. The highest BCUT2D eigenvalue weighted by atomic mass is 16.8. The molecule has 1 aliphatic heterocycles. The molecule has 0 saturated carbocycles. The Hall–Kier alpha value is -1.87. The van der Waals surface area contributed by atoms with Gasteiger partial charge in [0.05, 0.1) is 26.9 Å². The summed E-state index contributed by atoms with van der Waals surface area (Å²) in [4.78, 5) is 12.4. The van der Waals surface area contributed by atoms with Gasteiger partial charge in [0.15, 0.2) is 12.6 Å². The second-order valence-electron chi connectivity index (χ2n) is 6.99. The van der Waals surface area contributed by atoms with Crippen molar-refractivity contribution >= 4 is 5.97 Å². The van der Waals surface area contributed by atoms with Crippen LogP contribution in [0.1, 0.15) is 42.6 Å². The van der Waals surface area contributed by atoms with Crippen molar-refractivity contribution in [3.63, 3.8) is 0 Å². The van der Waals surface area contributed by atoms with E-state index in [2.05, 4.69) is 0 Å².